The topological polar surface area (TPSA) is 149 Å². The Hall–Kier alpha value is -4.47. The number of benzene rings is 2. The zero-order valence-corrected chi connectivity index (χ0v) is 21.0. The highest BCUT2D eigenvalue weighted by Gasteiger charge is 2.33. The molecule has 11 nitrogen and oxygen atoms in total. The standard InChI is InChI=1S/C25H25N7O4S/c1-30-15-22(37(34,35)36-16-19-6-4-3-5-7-19)29-25(30)23(24(27)33)32(14-21-13-28-17-31(21)2)20-10-8-18(12-26)9-11-20/h3-11,13,15,17,23H,14,16H2,1-2H3,(H2,27,33). The molecule has 2 N–H and O–H groups in total. The number of amides is 1. The summed E-state index contributed by atoms with van der Waals surface area (Å²) in [6.07, 6.45) is 4.56. The van der Waals surface area contributed by atoms with Crippen molar-refractivity contribution < 1.29 is 17.4 Å². The minimum absolute atomic E-state index is 0.112. The molecule has 0 radical (unpaired) electrons. The normalized spacial score (nSPS) is 12.1. The molecule has 0 fully saturated rings. The van der Waals surface area contributed by atoms with Crippen LogP contribution in [0.2, 0.25) is 0 Å². The molecule has 2 aromatic heterocycles. The fourth-order valence-electron chi connectivity index (χ4n) is 3.80. The molecule has 1 amide bonds. The van der Waals surface area contributed by atoms with Gasteiger partial charge in [0.15, 0.2) is 6.04 Å². The van der Waals surface area contributed by atoms with Crippen LogP contribution in [0.25, 0.3) is 0 Å². The van der Waals surface area contributed by atoms with E-state index in [1.807, 2.05) is 13.1 Å². The molecule has 0 saturated heterocycles. The average molecular weight is 520 g/mol. The number of hydrogen-bond donors (Lipinski definition) is 1. The molecule has 1 unspecified atom stereocenters. The van der Waals surface area contributed by atoms with Crippen LogP contribution in [0.3, 0.4) is 0 Å². The summed E-state index contributed by atoms with van der Waals surface area (Å²) in [4.78, 5) is 22.9. The van der Waals surface area contributed by atoms with E-state index in [9.17, 15) is 18.5 Å². The van der Waals surface area contributed by atoms with Crippen molar-refractivity contribution in [1.29, 1.82) is 5.26 Å². The first-order chi connectivity index (χ1) is 17.7. The van der Waals surface area contributed by atoms with Gasteiger partial charge in [0.25, 0.3) is 0 Å². The van der Waals surface area contributed by atoms with Gasteiger partial charge < -0.3 is 19.8 Å². The highest BCUT2D eigenvalue weighted by atomic mass is 32.2. The highest BCUT2D eigenvalue weighted by molar-refractivity contribution is 7.86. The molecule has 0 saturated carbocycles. The predicted molar refractivity (Wildman–Crippen MR) is 134 cm³/mol. The largest absolute Gasteiger partial charge is 0.367 e. The Labute approximate surface area is 214 Å². The van der Waals surface area contributed by atoms with Gasteiger partial charge in [0, 0.05) is 32.2 Å². The van der Waals surface area contributed by atoms with Gasteiger partial charge in [-0.25, -0.2) is 9.97 Å². The fraction of sp³-hybridized carbons (Fsp3) is 0.200. The van der Waals surface area contributed by atoms with Crippen molar-refractivity contribution in [2.24, 2.45) is 19.8 Å². The van der Waals surface area contributed by atoms with Crippen LogP contribution in [0.5, 0.6) is 0 Å². The molecule has 0 spiro atoms. The Morgan fingerprint density at radius 3 is 2.43 bits per heavy atom. The van der Waals surface area contributed by atoms with E-state index < -0.39 is 22.1 Å². The van der Waals surface area contributed by atoms with E-state index >= 15 is 0 Å². The van der Waals surface area contributed by atoms with Gasteiger partial charge in [-0.05, 0) is 29.8 Å². The second-order valence-corrected chi connectivity index (χ2v) is 9.90. The van der Waals surface area contributed by atoms with Crippen LogP contribution in [0.4, 0.5) is 5.69 Å². The lowest BCUT2D eigenvalue weighted by molar-refractivity contribution is -0.119. The quantitative estimate of drug-likeness (QED) is 0.313. The van der Waals surface area contributed by atoms with Gasteiger partial charge in [0.1, 0.15) is 5.82 Å². The first-order valence-electron chi connectivity index (χ1n) is 11.2. The van der Waals surface area contributed by atoms with Crippen LogP contribution in [-0.4, -0.2) is 33.4 Å². The SMILES string of the molecule is Cn1cncc1CN(c1ccc(C#N)cc1)C(C(N)=O)c1nc(S(=O)(=O)OCc2ccccc2)cn1C. The lowest BCUT2D eigenvalue weighted by Gasteiger charge is -2.31. The van der Waals surface area contributed by atoms with Gasteiger partial charge in [0.2, 0.25) is 10.9 Å². The van der Waals surface area contributed by atoms with Crippen molar-refractivity contribution >= 4 is 21.7 Å². The summed E-state index contributed by atoms with van der Waals surface area (Å²) in [7, 11) is -0.836. The van der Waals surface area contributed by atoms with E-state index in [0.29, 0.717) is 16.8 Å². The van der Waals surface area contributed by atoms with Gasteiger partial charge in [-0.15, -0.1) is 0 Å². The predicted octanol–water partition coefficient (Wildman–Crippen LogP) is 2.16. The second-order valence-electron chi connectivity index (χ2n) is 8.34. The molecule has 37 heavy (non-hydrogen) atoms. The maximum atomic E-state index is 12.9. The molecule has 0 aliphatic rings. The van der Waals surface area contributed by atoms with E-state index in [4.69, 9.17) is 9.92 Å². The van der Waals surface area contributed by atoms with E-state index in [1.54, 1.807) is 77.6 Å². The number of primary amides is 1. The van der Waals surface area contributed by atoms with Crippen LogP contribution >= 0.6 is 0 Å². The third-order valence-electron chi connectivity index (χ3n) is 5.77. The average Bonchev–Trinajstić information content (AvgIpc) is 3.48. The number of carbonyl (C=O) groups excluding carboxylic acids is 1. The van der Waals surface area contributed by atoms with Crippen molar-refractivity contribution in [2.75, 3.05) is 4.90 Å². The zero-order chi connectivity index (χ0) is 26.6. The first-order valence-corrected chi connectivity index (χ1v) is 12.6. The summed E-state index contributed by atoms with van der Waals surface area (Å²) < 4.78 is 34.2. The number of aromatic nitrogens is 4. The monoisotopic (exact) mass is 519 g/mol. The number of imidazole rings is 2. The third kappa shape index (κ3) is 5.69. The number of hydrogen-bond acceptors (Lipinski definition) is 8. The molecular weight excluding hydrogens is 494 g/mol. The Morgan fingerprint density at radius 1 is 1.14 bits per heavy atom. The maximum absolute atomic E-state index is 12.9. The summed E-state index contributed by atoms with van der Waals surface area (Å²) in [5.41, 5.74) is 8.34. The molecule has 0 bridgehead atoms. The molecule has 4 rings (SSSR count). The summed E-state index contributed by atoms with van der Waals surface area (Å²) >= 11 is 0. The summed E-state index contributed by atoms with van der Waals surface area (Å²) in [5, 5.41) is 8.85. The first kappa shape index (κ1) is 25.6. The Morgan fingerprint density at radius 2 is 1.84 bits per heavy atom. The van der Waals surface area contributed by atoms with Crippen LogP contribution in [-0.2, 0) is 46.3 Å². The van der Waals surface area contributed by atoms with Gasteiger partial charge in [-0.3, -0.25) is 8.98 Å². The molecule has 1 atom stereocenters. The fourth-order valence-corrected chi connectivity index (χ4v) is 4.70. The minimum Gasteiger partial charge on any atom is -0.367 e. The maximum Gasteiger partial charge on any atom is 0.316 e. The molecule has 2 aromatic carbocycles. The molecule has 190 valence electrons. The molecule has 2 heterocycles. The van der Waals surface area contributed by atoms with Crippen LogP contribution in [0, 0.1) is 11.3 Å². The van der Waals surface area contributed by atoms with Gasteiger partial charge >= 0.3 is 10.1 Å². The zero-order valence-electron chi connectivity index (χ0n) is 20.2. The van der Waals surface area contributed by atoms with Crippen molar-refractivity contribution in [3.8, 4) is 6.07 Å². The molecule has 0 aliphatic heterocycles. The molecule has 0 aliphatic carbocycles. The lowest BCUT2D eigenvalue weighted by atomic mass is 10.1. The molecule has 12 heteroatoms. The minimum atomic E-state index is -4.23. The number of nitrogens with two attached hydrogens (primary N) is 1. The number of rotatable bonds is 10. The van der Waals surface area contributed by atoms with Gasteiger partial charge in [-0.1, -0.05) is 30.3 Å². The van der Waals surface area contributed by atoms with Crippen molar-refractivity contribution in [1.82, 2.24) is 19.1 Å². The van der Waals surface area contributed by atoms with Gasteiger partial charge in [-0.2, -0.15) is 13.7 Å². The van der Waals surface area contributed by atoms with Crippen molar-refractivity contribution in [3.05, 3.63) is 96.0 Å². The third-order valence-corrected chi connectivity index (χ3v) is 6.91. The van der Waals surface area contributed by atoms with E-state index in [-0.39, 0.29) is 24.0 Å². The van der Waals surface area contributed by atoms with E-state index in [1.165, 1.54) is 10.8 Å². The number of aryl methyl sites for hydroxylation is 2. The second kappa shape index (κ2) is 10.7. The van der Waals surface area contributed by atoms with Crippen molar-refractivity contribution in [3.63, 3.8) is 0 Å². The number of carbonyl (C=O) groups is 1. The van der Waals surface area contributed by atoms with Crippen LogP contribution < -0.4 is 10.6 Å². The number of nitrogens with zero attached hydrogens (tertiary/aromatic N) is 6. The molecule has 4 aromatic rings. The van der Waals surface area contributed by atoms with Crippen molar-refractivity contribution in [2.45, 2.75) is 24.2 Å². The Kier molecular flexibility index (Phi) is 7.37. The van der Waals surface area contributed by atoms with Crippen LogP contribution in [0.1, 0.15) is 28.7 Å². The summed E-state index contributed by atoms with van der Waals surface area (Å²) in [6.45, 7) is 0.0433. The van der Waals surface area contributed by atoms with Gasteiger partial charge in [0.05, 0.1) is 36.8 Å². The van der Waals surface area contributed by atoms with E-state index in [2.05, 4.69) is 16.0 Å². The Bertz CT molecular complexity index is 1540. The lowest BCUT2D eigenvalue weighted by Crippen LogP contribution is -2.39. The molecular formula is C25H25N7O4S. The Balaban J connectivity index is 1.72. The summed E-state index contributed by atoms with van der Waals surface area (Å²) in [5.74, 6) is -0.629. The van der Waals surface area contributed by atoms with Crippen LogP contribution in [0.15, 0.2) is 78.3 Å². The van der Waals surface area contributed by atoms with E-state index in [0.717, 1.165) is 5.69 Å². The smallest absolute Gasteiger partial charge is 0.316 e. The number of anilines is 1. The number of nitriles is 1. The highest BCUT2D eigenvalue weighted by Crippen LogP contribution is 2.30. The summed E-state index contributed by atoms with van der Waals surface area (Å²) in [6, 6.07) is 16.4.